The third-order valence-electron chi connectivity index (χ3n) is 3.06. The molecule has 0 atom stereocenters. The average molecular weight is 264 g/mol. The fourth-order valence-electron chi connectivity index (χ4n) is 2.07. The average Bonchev–Trinajstić information content (AvgIpc) is 2.43. The highest BCUT2D eigenvalue weighted by molar-refractivity contribution is 5.93. The molecule has 1 aromatic carbocycles. The number of nitrogens with zero attached hydrogens (tertiary/aromatic N) is 1. The van der Waals surface area contributed by atoms with E-state index in [4.69, 9.17) is 9.84 Å². The Balaban J connectivity index is 2.22. The molecule has 1 heterocycles. The van der Waals surface area contributed by atoms with E-state index >= 15 is 0 Å². The van der Waals surface area contributed by atoms with Crippen LogP contribution in [0.3, 0.4) is 0 Å². The fourth-order valence-corrected chi connectivity index (χ4v) is 2.07. The van der Waals surface area contributed by atoms with Crippen LogP contribution in [0.5, 0.6) is 5.75 Å². The largest absolute Gasteiger partial charge is 0.489 e. The molecule has 0 aliphatic carbocycles. The van der Waals surface area contributed by atoms with E-state index in [0.717, 1.165) is 5.69 Å². The molecule has 1 aliphatic rings. The summed E-state index contributed by atoms with van der Waals surface area (Å²) in [6.45, 7) is 1.61. The van der Waals surface area contributed by atoms with E-state index in [1.807, 2.05) is 11.0 Å². The summed E-state index contributed by atoms with van der Waals surface area (Å²) in [7, 11) is 1.60. The second-order valence-electron chi connectivity index (χ2n) is 4.22. The lowest BCUT2D eigenvalue weighted by Gasteiger charge is -2.31. The van der Waals surface area contributed by atoms with Gasteiger partial charge in [-0.2, -0.15) is 0 Å². The van der Waals surface area contributed by atoms with Gasteiger partial charge in [0.05, 0.1) is 12.2 Å². The lowest BCUT2D eigenvalue weighted by molar-refractivity contribution is -0.120. The van der Waals surface area contributed by atoms with Gasteiger partial charge in [-0.15, -0.1) is 0 Å². The first-order chi connectivity index (χ1) is 9.13. The van der Waals surface area contributed by atoms with Gasteiger partial charge in [0.1, 0.15) is 12.2 Å². The molecule has 0 unspecified atom stereocenters. The number of hydrogen-bond acceptors (Lipinski definition) is 4. The van der Waals surface area contributed by atoms with Crippen LogP contribution < -0.4 is 15.0 Å². The third kappa shape index (κ3) is 2.78. The second kappa shape index (κ2) is 5.60. The fraction of sp³-hybridized carbons (Fsp3) is 0.385. The molecule has 0 saturated heterocycles. The van der Waals surface area contributed by atoms with E-state index < -0.39 is 5.97 Å². The Labute approximate surface area is 111 Å². The van der Waals surface area contributed by atoms with E-state index in [2.05, 4.69) is 5.32 Å². The highest BCUT2D eigenvalue weighted by Gasteiger charge is 2.23. The van der Waals surface area contributed by atoms with Crippen molar-refractivity contribution in [3.05, 3.63) is 23.8 Å². The highest BCUT2D eigenvalue weighted by Crippen LogP contribution is 2.34. The number of carboxylic acids is 1. The van der Waals surface area contributed by atoms with Crippen molar-refractivity contribution in [1.29, 1.82) is 0 Å². The third-order valence-corrected chi connectivity index (χ3v) is 3.06. The summed E-state index contributed by atoms with van der Waals surface area (Å²) in [4.78, 5) is 24.4. The number of fused-ring (bicyclic) bond motifs is 1. The molecule has 2 N–H and O–H groups in total. The Morgan fingerprint density at radius 2 is 2.26 bits per heavy atom. The van der Waals surface area contributed by atoms with Crippen LogP contribution in [0.4, 0.5) is 5.69 Å². The van der Waals surface area contributed by atoms with Gasteiger partial charge in [0.15, 0.2) is 5.75 Å². The SMILES string of the molecule is CNC(=O)CCN1CCOc2c(C(=O)O)cccc21. The van der Waals surface area contributed by atoms with Crippen LogP contribution in [0.25, 0.3) is 0 Å². The van der Waals surface area contributed by atoms with E-state index in [9.17, 15) is 9.59 Å². The molecular formula is C13H16N2O4. The highest BCUT2D eigenvalue weighted by atomic mass is 16.5. The summed E-state index contributed by atoms with van der Waals surface area (Å²) in [6, 6.07) is 5.01. The predicted molar refractivity (Wildman–Crippen MR) is 69.8 cm³/mol. The number of hydrogen-bond donors (Lipinski definition) is 2. The Kier molecular flexibility index (Phi) is 3.89. The molecule has 0 aromatic heterocycles. The van der Waals surface area contributed by atoms with Crippen molar-refractivity contribution in [3.63, 3.8) is 0 Å². The number of ether oxygens (including phenoxy) is 1. The maximum atomic E-state index is 11.3. The van der Waals surface area contributed by atoms with Crippen LogP contribution in [0.2, 0.25) is 0 Å². The number of carbonyl (C=O) groups is 2. The summed E-state index contributed by atoms with van der Waals surface area (Å²) in [6.07, 6.45) is 0.368. The quantitative estimate of drug-likeness (QED) is 0.837. The van der Waals surface area contributed by atoms with Crippen molar-refractivity contribution >= 4 is 17.6 Å². The number of benzene rings is 1. The van der Waals surface area contributed by atoms with Gasteiger partial charge >= 0.3 is 5.97 Å². The van der Waals surface area contributed by atoms with Crippen LogP contribution in [0, 0.1) is 0 Å². The van der Waals surface area contributed by atoms with E-state index in [-0.39, 0.29) is 11.5 Å². The lowest BCUT2D eigenvalue weighted by atomic mass is 10.1. The number of anilines is 1. The van der Waals surface area contributed by atoms with Crippen molar-refractivity contribution in [2.24, 2.45) is 0 Å². The molecule has 6 heteroatoms. The predicted octanol–water partition coefficient (Wildman–Crippen LogP) is 0.720. The van der Waals surface area contributed by atoms with Crippen molar-refractivity contribution in [1.82, 2.24) is 5.32 Å². The van der Waals surface area contributed by atoms with Gasteiger partial charge in [0.2, 0.25) is 5.91 Å². The minimum absolute atomic E-state index is 0.0394. The second-order valence-corrected chi connectivity index (χ2v) is 4.22. The van der Waals surface area contributed by atoms with Crippen LogP contribution in [0.1, 0.15) is 16.8 Å². The molecule has 2 rings (SSSR count). The number of para-hydroxylation sites is 1. The monoisotopic (exact) mass is 264 g/mol. The zero-order valence-electron chi connectivity index (χ0n) is 10.7. The van der Waals surface area contributed by atoms with Crippen molar-refractivity contribution in [2.45, 2.75) is 6.42 Å². The van der Waals surface area contributed by atoms with Crippen LogP contribution in [-0.4, -0.2) is 43.7 Å². The Morgan fingerprint density at radius 3 is 2.95 bits per heavy atom. The molecule has 0 radical (unpaired) electrons. The van der Waals surface area contributed by atoms with Gasteiger partial charge in [0, 0.05) is 20.0 Å². The standard InChI is InChI=1S/C13H16N2O4/c1-14-11(16)5-6-15-7-8-19-12-9(13(17)18)3-2-4-10(12)15/h2-4H,5-8H2,1H3,(H,14,16)(H,17,18). The number of amides is 1. The zero-order valence-corrected chi connectivity index (χ0v) is 10.7. The lowest BCUT2D eigenvalue weighted by Crippen LogP contribution is -2.36. The van der Waals surface area contributed by atoms with Gasteiger partial charge in [-0.25, -0.2) is 4.79 Å². The minimum Gasteiger partial charge on any atom is -0.489 e. The molecule has 6 nitrogen and oxygen atoms in total. The van der Waals surface area contributed by atoms with E-state index in [1.54, 1.807) is 13.1 Å². The van der Waals surface area contributed by atoms with E-state index in [1.165, 1.54) is 6.07 Å². The van der Waals surface area contributed by atoms with Crippen molar-refractivity contribution in [2.75, 3.05) is 31.6 Å². The van der Waals surface area contributed by atoms with Crippen LogP contribution in [0.15, 0.2) is 18.2 Å². The minimum atomic E-state index is -1.01. The van der Waals surface area contributed by atoms with Crippen LogP contribution in [-0.2, 0) is 4.79 Å². The number of aromatic carboxylic acids is 1. The molecule has 0 saturated carbocycles. The summed E-state index contributed by atoms with van der Waals surface area (Å²) in [5, 5.41) is 11.7. The smallest absolute Gasteiger partial charge is 0.339 e. The molecule has 0 bridgehead atoms. The maximum absolute atomic E-state index is 11.3. The summed E-state index contributed by atoms with van der Waals surface area (Å²) in [5.41, 5.74) is 0.886. The number of nitrogens with one attached hydrogen (secondary N) is 1. The molecule has 102 valence electrons. The molecule has 1 aliphatic heterocycles. The topological polar surface area (TPSA) is 78.9 Å². The Hall–Kier alpha value is -2.24. The molecule has 0 spiro atoms. The van der Waals surface area contributed by atoms with Crippen molar-refractivity contribution < 1.29 is 19.4 Å². The number of rotatable bonds is 4. The molecular weight excluding hydrogens is 248 g/mol. The number of carboxylic acid groups (broad SMARTS) is 1. The van der Waals surface area contributed by atoms with Gasteiger partial charge in [-0.1, -0.05) is 6.07 Å². The number of carbonyl (C=O) groups excluding carboxylic acids is 1. The summed E-state index contributed by atoms with van der Waals surface area (Å²) >= 11 is 0. The Morgan fingerprint density at radius 1 is 1.47 bits per heavy atom. The van der Waals surface area contributed by atoms with Gasteiger partial charge in [-0.3, -0.25) is 4.79 Å². The first-order valence-corrected chi connectivity index (χ1v) is 6.08. The first kappa shape index (κ1) is 13.2. The molecule has 0 fully saturated rings. The molecule has 1 amide bonds. The van der Waals surface area contributed by atoms with Crippen molar-refractivity contribution in [3.8, 4) is 5.75 Å². The van der Waals surface area contributed by atoms with Gasteiger partial charge in [0.25, 0.3) is 0 Å². The van der Waals surface area contributed by atoms with Gasteiger partial charge < -0.3 is 20.1 Å². The van der Waals surface area contributed by atoms with E-state index in [0.29, 0.717) is 31.9 Å². The molecule has 19 heavy (non-hydrogen) atoms. The normalized spacial score (nSPS) is 13.4. The van der Waals surface area contributed by atoms with Gasteiger partial charge in [-0.05, 0) is 12.1 Å². The zero-order chi connectivity index (χ0) is 13.8. The van der Waals surface area contributed by atoms with Crippen LogP contribution >= 0.6 is 0 Å². The maximum Gasteiger partial charge on any atom is 0.339 e. The first-order valence-electron chi connectivity index (χ1n) is 6.08. The summed E-state index contributed by atoms with van der Waals surface area (Å²) < 4.78 is 5.46. The summed E-state index contributed by atoms with van der Waals surface area (Å²) in [5.74, 6) is -0.661. The Bertz CT molecular complexity index is 501. The molecule has 1 aromatic rings.